The summed E-state index contributed by atoms with van der Waals surface area (Å²) in [6, 6.07) is 15.4. The summed E-state index contributed by atoms with van der Waals surface area (Å²) < 4.78 is 18.4. The van der Waals surface area contributed by atoms with Crippen molar-refractivity contribution in [3.8, 4) is 0 Å². The number of ether oxygens (including phenoxy) is 1. The highest BCUT2D eigenvalue weighted by Gasteiger charge is 2.40. The Kier molecular flexibility index (Phi) is 6.21. The van der Waals surface area contributed by atoms with Crippen LogP contribution in [0, 0.1) is 5.82 Å². The number of carbonyl (C=O) groups excluding carboxylic acids is 2. The Labute approximate surface area is 164 Å². The Bertz CT molecular complexity index is 878. The largest absolute Gasteiger partial charge is 0.385 e. The number of hydrogen-bond acceptors (Lipinski definition) is 4. The second-order valence-corrected chi connectivity index (χ2v) is 6.68. The van der Waals surface area contributed by atoms with Gasteiger partial charge in [-0.3, -0.25) is 14.5 Å². The monoisotopic (exact) mass is 382 g/mol. The SMILES string of the molecule is COCCCN1C(=O)C(c2ccc(F)cc2)=C(N(C)Cc2ccccc2)C1=O. The molecule has 2 aromatic rings. The molecule has 28 heavy (non-hydrogen) atoms. The highest BCUT2D eigenvalue weighted by Crippen LogP contribution is 2.32. The highest BCUT2D eigenvalue weighted by atomic mass is 19.1. The van der Waals surface area contributed by atoms with Crippen LogP contribution in [0.15, 0.2) is 60.3 Å². The van der Waals surface area contributed by atoms with Crippen LogP contribution in [0.25, 0.3) is 5.57 Å². The summed E-state index contributed by atoms with van der Waals surface area (Å²) in [5, 5.41) is 0. The van der Waals surface area contributed by atoms with Crippen molar-refractivity contribution in [3.05, 3.63) is 77.2 Å². The van der Waals surface area contributed by atoms with E-state index in [-0.39, 0.29) is 18.4 Å². The van der Waals surface area contributed by atoms with Crippen molar-refractivity contribution in [2.24, 2.45) is 0 Å². The van der Waals surface area contributed by atoms with Gasteiger partial charge in [0.2, 0.25) is 0 Å². The summed E-state index contributed by atoms with van der Waals surface area (Å²) >= 11 is 0. The van der Waals surface area contributed by atoms with Crippen LogP contribution < -0.4 is 0 Å². The van der Waals surface area contributed by atoms with E-state index in [1.165, 1.54) is 29.2 Å². The zero-order valence-electron chi connectivity index (χ0n) is 16.0. The predicted molar refractivity (Wildman–Crippen MR) is 104 cm³/mol. The molecule has 0 atom stereocenters. The van der Waals surface area contributed by atoms with Gasteiger partial charge in [0.15, 0.2) is 0 Å². The van der Waals surface area contributed by atoms with Gasteiger partial charge in [0, 0.05) is 33.9 Å². The molecule has 1 heterocycles. The summed E-state index contributed by atoms with van der Waals surface area (Å²) in [6.45, 7) is 1.21. The van der Waals surface area contributed by atoms with Gasteiger partial charge in [-0.2, -0.15) is 0 Å². The lowest BCUT2D eigenvalue weighted by Crippen LogP contribution is -2.35. The first-order valence-corrected chi connectivity index (χ1v) is 9.13. The molecule has 1 aliphatic heterocycles. The van der Waals surface area contributed by atoms with Gasteiger partial charge in [-0.1, -0.05) is 42.5 Å². The molecule has 5 nitrogen and oxygen atoms in total. The van der Waals surface area contributed by atoms with Crippen molar-refractivity contribution < 1.29 is 18.7 Å². The fourth-order valence-corrected chi connectivity index (χ4v) is 3.30. The second kappa shape index (κ2) is 8.80. The molecule has 2 amide bonds. The predicted octanol–water partition coefficient (Wildman–Crippen LogP) is 3.07. The fourth-order valence-electron chi connectivity index (χ4n) is 3.30. The molecule has 0 bridgehead atoms. The summed E-state index contributed by atoms with van der Waals surface area (Å²) in [5.41, 5.74) is 2.19. The first kappa shape index (κ1) is 19.8. The average molecular weight is 382 g/mol. The molecule has 0 spiro atoms. The van der Waals surface area contributed by atoms with E-state index in [2.05, 4.69) is 0 Å². The maximum absolute atomic E-state index is 13.4. The molecule has 0 saturated heterocycles. The van der Waals surface area contributed by atoms with Gasteiger partial charge in [0.1, 0.15) is 11.5 Å². The van der Waals surface area contributed by atoms with Gasteiger partial charge in [0.25, 0.3) is 11.8 Å². The fraction of sp³-hybridized carbons (Fsp3) is 0.273. The number of likely N-dealkylation sites (N-methyl/N-ethyl adjacent to an activating group) is 1. The molecule has 146 valence electrons. The number of carbonyl (C=O) groups is 2. The van der Waals surface area contributed by atoms with Crippen molar-refractivity contribution in [2.45, 2.75) is 13.0 Å². The molecule has 0 saturated carbocycles. The van der Waals surface area contributed by atoms with Crippen LogP contribution in [0.3, 0.4) is 0 Å². The van der Waals surface area contributed by atoms with Crippen LogP contribution in [0.2, 0.25) is 0 Å². The minimum absolute atomic E-state index is 0.277. The Morgan fingerprint density at radius 1 is 1.00 bits per heavy atom. The summed E-state index contributed by atoms with van der Waals surface area (Å²) in [5.74, 6) is -1.08. The van der Waals surface area contributed by atoms with Crippen molar-refractivity contribution in [2.75, 3.05) is 27.3 Å². The smallest absolute Gasteiger partial charge is 0.277 e. The number of halogens is 1. The molecule has 6 heteroatoms. The molecular formula is C22H23FN2O3. The molecular weight excluding hydrogens is 359 g/mol. The number of hydrogen-bond donors (Lipinski definition) is 0. The quantitative estimate of drug-likeness (QED) is 0.520. The van der Waals surface area contributed by atoms with Crippen molar-refractivity contribution in [1.29, 1.82) is 0 Å². The molecule has 0 radical (unpaired) electrons. The van der Waals surface area contributed by atoms with Crippen LogP contribution in [0.5, 0.6) is 0 Å². The van der Waals surface area contributed by atoms with E-state index in [0.717, 1.165) is 5.56 Å². The van der Waals surface area contributed by atoms with Crippen LogP contribution in [0.4, 0.5) is 4.39 Å². The van der Waals surface area contributed by atoms with E-state index in [0.29, 0.717) is 36.4 Å². The molecule has 0 aromatic heterocycles. The van der Waals surface area contributed by atoms with Crippen LogP contribution >= 0.6 is 0 Å². The zero-order chi connectivity index (χ0) is 20.1. The molecule has 2 aromatic carbocycles. The lowest BCUT2D eigenvalue weighted by Gasteiger charge is -2.21. The van der Waals surface area contributed by atoms with E-state index in [9.17, 15) is 14.0 Å². The minimum Gasteiger partial charge on any atom is -0.385 e. The summed E-state index contributed by atoms with van der Waals surface area (Å²) in [6.07, 6.45) is 0.556. The van der Waals surface area contributed by atoms with Crippen LogP contribution in [-0.2, 0) is 20.9 Å². The number of methoxy groups -OCH3 is 1. The van der Waals surface area contributed by atoms with E-state index in [1.807, 2.05) is 30.3 Å². The second-order valence-electron chi connectivity index (χ2n) is 6.68. The summed E-state index contributed by atoms with van der Waals surface area (Å²) in [7, 11) is 3.37. The van der Waals surface area contributed by atoms with Crippen LogP contribution in [0.1, 0.15) is 17.5 Å². The van der Waals surface area contributed by atoms with Crippen molar-refractivity contribution in [3.63, 3.8) is 0 Å². The van der Waals surface area contributed by atoms with Gasteiger partial charge in [-0.25, -0.2) is 4.39 Å². The Morgan fingerprint density at radius 2 is 1.68 bits per heavy atom. The maximum atomic E-state index is 13.4. The van der Waals surface area contributed by atoms with Gasteiger partial charge < -0.3 is 9.64 Å². The Morgan fingerprint density at radius 3 is 2.32 bits per heavy atom. The molecule has 1 aliphatic rings. The molecule has 3 rings (SSSR count). The van der Waals surface area contributed by atoms with Gasteiger partial charge in [-0.05, 0) is 29.7 Å². The highest BCUT2D eigenvalue weighted by molar-refractivity contribution is 6.35. The van der Waals surface area contributed by atoms with Gasteiger partial charge in [-0.15, -0.1) is 0 Å². The third-order valence-electron chi connectivity index (χ3n) is 4.65. The van der Waals surface area contributed by atoms with Crippen molar-refractivity contribution in [1.82, 2.24) is 9.80 Å². The third-order valence-corrected chi connectivity index (χ3v) is 4.65. The molecule has 0 unspecified atom stereocenters. The number of nitrogens with zero attached hydrogens (tertiary/aromatic N) is 2. The Balaban J connectivity index is 1.96. The van der Waals surface area contributed by atoms with E-state index in [4.69, 9.17) is 4.74 Å². The molecule has 0 aliphatic carbocycles. The van der Waals surface area contributed by atoms with Crippen molar-refractivity contribution >= 4 is 17.4 Å². The van der Waals surface area contributed by atoms with E-state index in [1.54, 1.807) is 19.1 Å². The lowest BCUT2D eigenvalue weighted by atomic mass is 10.0. The van der Waals surface area contributed by atoms with E-state index < -0.39 is 5.82 Å². The number of amides is 2. The maximum Gasteiger partial charge on any atom is 0.277 e. The number of imide groups is 1. The Hall–Kier alpha value is -2.99. The zero-order valence-corrected chi connectivity index (χ0v) is 16.0. The van der Waals surface area contributed by atoms with E-state index >= 15 is 0 Å². The third kappa shape index (κ3) is 4.12. The normalized spacial score (nSPS) is 14.2. The lowest BCUT2D eigenvalue weighted by molar-refractivity contribution is -0.137. The van der Waals surface area contributed by atoms with Gasteiger partial charge >= 0.3 is 0 Å². The van der Waals surface area contributed by atoms with Gasteiger partial charge in [0.05, 0.1) is 5.57 Å². The minimum atomic E-state index is -0.391. The van der Waals surface area contributed by atoms with Crippen LogP contribution in [-0.4, -0.2) is 48.9 Å². The number of benzene rings is 2. The first-order chi connectivity index (χ1) is 13.5. The molecule has 0 fully saturated rings. The summed E-state index contributed by atoms with van der Waals surface area (Å²) in [4.78, 5) is 29.2. The standard InChI is InChI=1S/C22H23FN2O3/c1-24(15-16-7-4-3-5-8-16)20-19(17-9-11-18(23)12-10-17)21(26)25(22(20)27)13-6-14-28-2/h3-5,7-12H,6,13-15H2,1-2H3. The molecule has 0 N–H and O–H groups in total. The first-order valence-electron chi connectivity index (χ1n) is 9.13. The number of rotatable bonds is 8. The average Bonchev–Trinajstić information content (AvgIpc) is 2.94. The topological polar surface area (TPSA) is 49.9 Å².